The molecule has 0 aromatic heterocycles. The van der Waals surface area contributed by atoms with Crippen molar-refractivity contribution in [1.82, 2.24) is 9.21 Å². The topological polar surface area (TPSA) is 69.7 Å². The lowest BCUT2D eigenvalue weighted by Crippen LogP contribution is -2.41. The predicted octanol–water partition coefficient (Wildman–Crippen LogP) is 0.726. The van der Waals surface area contributed by atoms with E-state index in [1.165, 1.54) is 6.07 Å². The van der Waals surface area contributed by atoms with Crippen LogP contribution in [0.1, 0.15) is 0 Å². The van der Waals surface area contributed by atoms with Gasteiger partial charge in [-0.1, -0.05) is 0 Å². The number of anilines is 1. The summed E-state index contributed by atoms with van der Waals surface area (Å²) in [4.78, 5) is 13.6. The fourth-order valence-electron chi connectivity index (χ4n) is 1.61. The maximum Gasteiger partial charge on any atom is 0.239 e. The summed E-state index contributed by atoms with van der Waals surface area (Å²) in [7, 11) is 0.00812. The second-order valence-corrected chi connectivity index (χ2v) is 7.06. The number of hydrogen-bond donors (Lipinski definition) is 1. The zero-order chi connectivity index (χ0) is 16.9. The minimum Gasteiger partial charge on any atom is -0.325 e. The van der Waals surface area contributed by atoms with Gasteiger partial charge in [0.25, 0.3) is 0 Å². The lowest BCUT2D eigenvalue weighted by Gasteiger charge is -2.21. The van der Waals surface area contributed by atoms with E-state index in [4.69, 9.17) is 0 Å². The number of rotatable bonds is 7. The van der Waals surface area contributed by atoms with Gasteiger partial charge in [0.05, 0.1) is 12.8 Å². The molecule has 0 aliphatic carbocycles. The first-order valence-electron chi connectivity index (χ1n) is 6.44. The van der Waals surface area contributed by atoms with Crippen molar-refractivity contribution in [2.24, 2.45) is 0 Å². The molecule has 0 atom stereocenters. The van der Waals surface area contributed by atoms with Gasteiger partial charge in [-0.3, -0.25) is 4.79 Å². The molecule has 6 nitrogen and oxygen atoms in total. The lowest BCUT2D eigenvalue weighted by atomic mass is 10.3. The summed E-state index contributed by atoms with van der Waals surface area (Å²) in [6, 6.07) is 2.91. The third-order valence-electron chi connectivity index (χ3n) is 2.79. The van der Waals surface area contributed by atoms with Crippen molar-refractivity contribution in [3.63, 3.8) is 0 Å². The predicted molar refractivity (Wildman–Crippen MR) is 80.0 cm³/mol. The Morgan fingerprint density at radius 3 is 2.32 bits per heavy atom. The number of likely N-dealkylation sites (N-methyl/N-ethyl adjacent to an activating group) is 1. The SMILES string of the molecule is CN(C)CCN(CC(=O)Nc1ccc(F)c(F)c1)S(C)(=O)=O. The highest BCUT2D eigenvalue weighted by Crippen LogP contribution is 2.13. The molecule has 1 aromatic rings. The number of sulfonamides is 1. The van der Waals surface area contributed by atoms with E-state index in [1.54, 1.807) is 19.0 Å². The van der Waals surface area contributed by atoms with Gasteiger partial charge in [0.1, 0.15) is 0 Å². The Morgan fingerprint density at radius 2 is 1.82 bits per heavy atom. The van der Waals surface area contributed by atoms with Crippen LogP contribution in [0.2, 0.25) is 0 Å². The van der Waals surface area contributed by atoms with Crippen LogP contribution in [0.5, 0.6) is 0 Å². The van der Waals surface area contributed by atoms with Crippen molar-refractivity contribution in [3.05, 3.63) is 29.8 Å². The van der Waals surface area contributed by atoms with Crippen molar-refractivity contribution >= 4 is 21.6 Å². The Morgan fingerprint density at radius 1 is 1.18 bits per heavy atom. The van der Waals surface area contributed by atoms with Crippen LogP contribution in [0.4, 0.5) is 14.5 Å². The second-order valence-electron chi connectivity index (χ2n) is 5.08. The van der Waals surface area contributed by atoms with E-state index in [-0.39, 0.29) is 12.2 Å². The summed E-state index contributed by atoms with van der Waals surface area (Å²) >= 11 is 0. The molecule has 0 radical (unpaired) electrons. The third-order valence-corrected chi connectivity index (χ3v) is 4.04. The average Bonchev–Trinajstić information content (AvgIpc) is 2.37. The highest BCUT2D eigenvalue weighted by Gasteiger charge is 2.20. The highest BCUT2D eigenvalue weighted by atomic mass is 32.2. The second kappa shape index (κ2) is 7.61. The van der Waals surface area contributed by atoms with Crippen LogP contribution in [0.25, 0.3) is 0 Å². The molecule has 0 bridgehead atoms. The fraction of sp³-hybridized carbons (Fsp3) is 0.462. The smallest absolute Gasteiger partial charge is 0.239 e. The summed E-state index contributed by atoms with van der Waals surface area (Å²) < 4.78 is 50.2. The monoisotopic (exact) mass is 335 g/mol. The number of nitrogens with one attached hydrogen (secondary N) is 1. The Labute approximate surface area is 128 Å². The Hall–Kier alpha value is -1.58. The number of carbonyl (C=O) groups excluding carboxylic acids is 1. The number of nitrogens with zero attached hydrogens (tertiary/aromatic N) is 2. The maximum atomic E-state index is 13.1. The fourth-order valence-corrected chi connectivity index (χ4v) is 2.37. The lowest BCUT2D eigenvalue weighted by molar-refractivity contribution is -0.116. The van der Waals surface area contributed by atoms with E-state index in [0.717, 1.165) is 22.7 Å². The minimum atomic E-state index is -3.55. The minimum absolute atomic E-state index is 0.0601. The molecule has 0 spiro atoms. The van der Waals surface area contributed by atoms with Gasteiger partial charge in [0, 0.05) is 24.8 Å². The first-order chi connectivity index (χ1) is 10.1. The molecule has 0 aliphatic heterocycles. The standard InChI is InChI=1S/C13H19F2N3O3S/c1-17(2)6-7-18(22(3,20)21)9-13(19)16-10-4-5-11(14)12(15)8-10/h4-5,8H,6-7,9H2,1-3H3,(H,16,19). The Kier molecular flexibility index (Phi) is 6.39. The van der Waals surface area contributed by atoms with E-state index in [0.29, 0.717) is 6.54 Å². The first kappa shape index (κ1) is 18.5. The van der Waals surface area contributed by atoms with Crippen LogP contribution in [-0.2, 0) is 14.8 Å². The third kappa shape index (κ3) is 6.04. The molecule has 0 saturated heterocycles. The molecule has 1 amide bonds. The van der Waals surface area contributed by atoms with E-state index in [9.17, 15) is 22.0 Å². The normalized spacial score (nSPS) is 12.0. The quantitative estimate of drug-likeness (QED) is 0.797. The molecule has 9 heteroatoms. The molecule has 1 N–H and O–H groups in total. The van der Waals surface area contributed by atoms with Crippen LogP contribution in [0.3, 0.4) is 0 Å². The van der Waals surface area contributed by atoms with Crippen LogP contribution in [0, 0.1) is 11.6 Å². The molecule has 0 saturated carbocycles. The van der Waals surface area contributed by atoms with Crippen LogP contribution < -0.4 is 5.32 Å². The van der Waals surface area contributed by atoms with Gasteiger partial charge in [0.15, 0.2) is 11.6 Å². The van der Waals surface area contributed by atoms with Gasteiger partial charge in [-0.05, 0) is 26.2 Å². The molecule has 0 fully saturated rings. The van der Waals surface area contributed by atoms with Crippen LogP contribution in [-0.4, -0.2) is 63.5 Å². The van der Waals surface area contributed by atoms with E-state index < -0.39 is 34.1 Å². The van der Waals surface area contributed by atoms with Crippen molar-refractivity contribution in [3.8, 4) is 0 Å². The highest BCUT2D eigenvalue weighted by molar-refractivity contribution is 7.88. The Bertz CT molecular complexity index is 635. The van der Waals surface area contributed by atoms with E-state index in [1.807, 2.05) is 0 Å². The molecule has 0 heterocycles. The van der Waals surface area contributed by atoms with Crippen LogP contribution in [0.15, 0.2) is 18.2 Å². The summed E-state index contributed by atoms with van der Waals surface area (Å²) in [6.07, 6.45) is 1.01. The van der Waals surface area contributed by atoms with Crippen molar-refractivity contribution < 1.29 is 22.0 Å². The summed E-state index contributed by atoms with van der Waals surface area (Å²) in [5, 5.41) is 2.33. The van der Waals surface area contributed by atoms with Gasteiger partial charge < -0.3 is 10.2 Å². The number of carbonyl (C=O) groups is 1. The molecule has 0 aliphatic rings. The van der Waals surface area contributed by atoms with Gasteiger partial charge in [-0.25, -0.2) is 17.2 Å². The number of hydrogen-bond acceptors (Lipinski definition) is 4. The summed E-state index contributed by atoms with van der Waals surface area (Å²) in [6.45, 7) is 0.203. The first-order valence-corrected chi connectivity index (χ1v) is 8.29. The molecular formula is C13H19F2N3O3S. The number of halogens is 2. The van der Waals surface area contributed by atoms with Crippen LogP contribution >= 0.6 is 0 Å². The number of benzene rings is 1. The molecule has 1 rings (SSSR count). The summed E-state index contributed by atoms with van der Waals surface area (Å²) in [5.74, 6) is -2.75. The van der Waals surface area contributed by atoms with Gasteiger partial charge in [-0.15, -0.1) is 0 Å². The molecule has 22 heavy (non-hydrogen) atoms. The van der Waals surface area contributed by atoms with Gasteiger partial charge >= 0.3 is 0 Å². The molecule has 0 unspecified atom stereocenters. The van der Waals surface area contributed by atoms with Crippen molar-refractivity contribution in [2.45, 2.75) is 0 Å². The number of amides is 1. The summed E-state index contributed by atoms with van der Waals surface area (Å²) in [5.41, 5.74) is 0.0601. The molecule has 124 valence electrons. The van der Waals surface area contributed by atoms with Gasteiger partial charge in [-0.2, -0.15) is 4.31 Å². The van der Waals surface area contributed by atoms with Gasteiger partial charge in [0.2, 0.25) is 15.9 Å². The zero-order valence-corrected chi connectivity index (χ0v) is 13.5. The molecule has 1 aromatic carbocycles. The van der Waals surface area contributed by atoms with E-state index in [2.05, 4.69) is 5.32 Å². The largest absolute Gasteiger partial charge is 0.325 e. The van der Waals surface area contributed by atoms with Crippen molar-refractivity contribution in [1.29, 1.82) is 0 Å². The average molecular weight is 335 g/mol. The van der Waals surface area contributed by atoms with Crippen molar-refractivity contribution in [2.75, 3.05) is 45.3 Å². The maximum absolute atomic E-state index is 13.1. The van der Waals surface area contributed by atoms with E-state index >= 15 is 0 Å². The Balaban J connectivity index is 2.72. The zero-order valence-electron chi connectivity index (χ0n) is 12.6. The molecular weight excluding hydrogens is 316 g/mol.